The zero-order valence-corrected chi connectivity index (χ0v) is 7.10. The fraction of sp³-hybridized carbons (Fsp3) is 0.375. The summed E-state index contributed by atoms with van der Waals surface area (Å²) in [5.41, 5.74) is 5.44. The second-order valence-corrected chi connectivity index (χ2v) is 2.62. The van der Waals surface area contributed by atoms with Gasteiger partial charge in [-0.05, 0) is 6.42 Å². The molecule has 0 aromatic carbocycles. The van der Waals surface area contributed by atoms with Crippen molar-refractivity contribution < 1.29 is 4.79 Å². The molecule has 0 unspecified atom stereocenters. The molecular formula is C8H10N4O. The molecule has 68 valence electrons. The van der Waals surface area contributed by atoms with Gasteiger partial charge >= 0.3 is 0 Å². The molecule has 1 rings (SSSR count). The van der Waals surface area contributed by atoms with Gasteiger partial charge in [0.15, 0.2) is 0 Å². The number of amides is 1. The predicted octanol–water partition coefficient (Wildman–Crippen LogP) is 0.286. The Morgan fingerprint density at radius 1 is 1.77 bits per heavy atom. The van der Waals surface area contributed by atoms with E-state index in [0.29, 0.717) is 18.5 Å². The van der Waals surface area contributed by atoms with Crippen LogP contribution < -0.4 is 5.73 Å². The summed E-state index contributed by atoms with van der Waals surface area (Å²) < 4.78 is 1.61. The minimum absolute atomic E-state index is 0.400. The topological polar surface area (TPSA) is 84.7 Å². The Morgan fingerprint density at radius 2 is 2.54 bits per heavy atom. The number of aryl methyl sites for hydroxylation is 1. The van der Waals surface area contributed by atoms with Crippen LogP contribution in [0.25, 0.3) is 0 Å². The van der Waals surface area contributed by atoms with Gasteiger partial charge in [-0.3, -0.25) is 9.48 Å². The van der Waals surface area contributed by atoms with Crippen LogP contribution in [-0.4, -0.2) is 15.7 Å². The molecule has 5 heteroatoms. The summed E-state index contributed by atoms with van der Waals surface area (Å²) in [6.45, 7) is 0.640. The summed E-state index contributed by atoms with van der Waals surface area (Å²) >= 11 is 0. The van der Waals surface area contributed by atoms with Gasteiger partial charge in [-0.15, -0.1) is 0 Å². The number of unbranched alkanes of at least 4 members (excludes halogenated alkanes) is 1. The van der Waals surface area contributed by atoms with E-state index in [0.717, 1.165) is 6.42 Å². The first-order valence-corrected chi connectivity index (χ1v) is 3.93. The van der Waals surface area contributed by atoms with Crippen LogP contribution in [-0.2, 0) is 6.54 Å². The van der Waals surface area contributed by atoms with E-state index < -0.39 is 5.91 Å². The third kappa shape index (κ3) is 2.60. The Labute approximate surface area is 75.8 Å². The molecule has 0 radical (unpaired) electrons. The van der Waals surface area contributed by atoms with Gasteiger partial charge in [-0.2, -0.15) is 10.4 Å². The number of nitriles is 1. The fourth-order valence-corrected chi connectivity index (χ4v) is 0.933. The molecule has 0 aliphatic rings. The van der Waals surface area contributed by atoms with Crippen molar-refractivity contribution in [3.63, 3.8) is 0 Å². The van der Waals surface area contributed by atoms with Gasteiger partial charge in [0.1, 0.15) is 0 Å². The highest BCUT2D eigenvalue weighted by atomic mass is 16.1. The maximum absolute atomic E-state index is 10.7. The molecule has 0 bridgehead atoms. The van der Waals surface area contributed by atoms with Crippen molar-refractivity contribution in [2.45, 2.75) is 19.4 Å². The number of nitrogens with two attached hydrogens (primary N) is 1. The molecule has 1 heterocycles. The Balaban J connectivity index is 2.50. The number of primary amides is 1. The van der Waals surface area contributed by atoms with E-state index >= 15 is 0 Å². The summed E-state index contributed by atoms with van der Waals surface area (Å²) in [4.78, 5) is 10.7. The Kier molecular flexibility index (Phi) is 3.03. The van der Waals surface area contributed by atoms with E-state index in [1.54, 1.807) is 10.9 Å². The van der Waals surface area contributed by atoms with E-state index in [4.69, 9.17) is 11.0 Å². The van der Waals surface area contributed by atoms with Crippen molar-refractivity contribution in [3.05, 3.63) is 18.0 Å². The summed E-state index contributed by atoms with van der Waals surface area (Å²) in [5, 5.41) is 12.2. The van der Waals surface area contributed by atoms with Gasteiger partial charge < -0.3 is 5.73 Å². The molecule has 0 atom stereocenters. The summed E-state index contributed by atoms with van der Waals surface area (Å²) in [6.07, 6.45) is 4.23. The maximum Gasteiger partial charge on any atom is 0.251 e. The van der Waals surface area contributed by atoms with Crippen molar-refractivity contribution >= 4 is 5.91 Å². The molecule has 1 aromatic rings. The van der Waals surface area contributed by atoms with Crippen molar-refractivity contribution in [3.8, 4) is 6.07 Å². The number of hydrogen-bond donors (Lipinski definition) is 1. The van der Waals surface area contributed by atoms with Gasteiger partial charge in [0.2, 0.25) is 0 Å². The lowest BCUT2D eigenvalue weighted by Gasteiger charge is -1.95. The molecule has 0 aliphatic carbocycles. The number of rotatable bonds is 4. The largest absolute Gasteiger partial charge is 0.366 e. The van der Waals surface area contributed by atoms with E-state index in [2.05, 4.69) is 5.10 Å². The zero-order valence-electron chi connectivity index (χ0n) is 7.10. The summed E-state index contributed by atoms with van der Waals surface area (Å²) in [7, 11) is 0. The van der Waals surface area contributed by atoms with E-state index in [1.165, 1.54) is 6.20 Å². The van der Waals surface area contributed by atoms with E-state index in [9.17, 15) is 4.79 Å². The Morgan fingerprint density at radius 3 is 3.08 bits per heavy atom. The first-order valence-electron chi connectivity index (χ1n) is 3.93. The molecular weight excluding hydrogens is 168 g/mol. The van der Waals surface area contributed by atoms with Crippen LogP contribution in [0.2, 0.25) is 0 Å². The van der Waals surface area contributed by atoms with Gasteiger partial charge in [0.25, 0.3) is 5.91 Å². The molecule has 0 aliphatic heterocycles. The SMILES string of the molecule is N#CCCCn1cc(C(N)=O)cn1. The van der Waals surface area contributed by atoms with Crippen LogP contribution in [0.15, 0.2) is 12.4 Å². The first kappa shape index (κ1) is 9.26. The quantitative estimate of drug-likeness (QED) is 0.672. The second kappa shape index (κ2) is 4.26. The predicted molar refractivity (Wildman–Crippen MR) is 45.6 cm³/mol. The third-order valence-electron chi connectivity index (χ3n) is 1.59. The molecule has 0 fully saturated rings. The van der Waals surface area contributed by atoms with Crippen LogP contribution in [0, 0.1) is 11.3 Å². The van der Waals surface area contributed by atoms with E-state index in [-0.39, 0.29) is 0 Å². The molecule has 0 saturated carbocycles. The molecule has 5 nitrogen and oxygen atoms in total. The molecule has 1 amide bonds. The monoisotopic (exact) mass is 178 g/mol. The lowest BCUT2D eigenvalue weighted by molar-refractivity contribution is 0.1000. The Bertz CT molecular complexity index is 336. The van der Waals surface area contributed by atoms with Crippen molar-refractivity contribution in [1.29, 1.82) is 5.26 Å². The third-order valence-corrected chi connectivity index (χ3v) is 1.59. The zero-order chi connectivity index (χ0) is 9.68. The number of hydrogen-bond acceptors (Lipinski definition) is 3. The Hall–Kier alpha value is -1.83. The van der Waals surface area contributed by atoms with Crippen molar-refractivity contribution in [2.75, 3.05) is 0 Å². The van der Waals surface area contributed by atoms with Gasteiger partial charge in [-0.25, -0.2) is 0 Å². The minimum atomic E-state index is -0.480. The lowest BCUT2D eigenvalue weighted by Crippen LogP contribution is -2.09. The van der Waals surface area contributed by atoms with Gasteiger partial charge in [0, 0.05) is 19.2 Å². The molecule has 0 saturated heterocycles. The lowest BCUT2D eigenvalue weighted by atomic mass is 10.3. The molecule has 1 aromatic heterocycles. The van der Waals surface area contributed by atoms with Crippen LogP contribution in [0.5, 0.6) is 0 Å². The van der Waals surface area contributed by atoms with Crippen LogP contribution in [0.1, 0.15) is 23.2 Å². The minimum Gasteiger partial charge on any atom is -0.366 e. The van der Waals surface area contributed by atoms with Crippen molar-refractivity contribution in [1.82, 2.24) is 9.78 Å². The van der Waals surface area contributed by atoms with Crippen LogP contribution in [0.4, 0.5) is 0 Å². The average Bonchev–Trinajstić information content (AvgIpc) is 2.53. The van der Waals surface area contributed by atoms with Crippen molar-refractivity contribution in [2.24, 2.45) is 5.73 Å². The summed E-state index contributed by atoms with van der Waals surface area (Å²) in [6, 6.07) is 2.03. The number of aromatic nitrogens is 2. The second-order valence-electron chi connectivity index (χ2n) is 2.62. The molecule has 2 N–H and O–H groups in total. The first-order chi connectivity index (χ1) is 6.24. The highest BCUT2D eigenvalue weighted by Crippen LogP contribution is 1.98. The van der Waals surface area contributed by atoms with E-state index in [1.807, 2.05) is 6.07 Å². The van der Waals surface area contributed by atoms with Gasteiger partial charge in [-0.1, -0.05) is 0 Å². The average molecular weight is 178 g/mol. The number of nitrogens with zero attached hydrogens (tertiary/aromatic N) is 3. The fourth-order valence-electron chi connectivity index (χ4n) is 0.933. The summed E-state index contributed by atoms with van der Waals surface area (Å²) in [5.74, 6) is -0.480. The highest BCUT2D eigenvalue weighted by molar-refractivity contribution is 5.92. The highest BCUT2D eigenvalue weighted by Gasteiger charge is 2.02. The maximum atomic E-state index is 10.7. The van der Waals surface area contributed by atoms with Crippen LogP contribution in [0.3, 0.4) is 0 Å². The normalized spacial score (nSPS) is 9.46. The standard InChI is InChI=1S/C8H10N4O/c9-3-1-2-4-12-6-7(5-11-12)8(10)13/h5-6H,1-2,4H2,(H2,10,13). The van der Waals surface area contributed by atoms with Gasteiger partial charge in [0.05, 0.1) is 17.8 Å². The number of carbonyl (C=O) groups is 1. The molecule has 0 spiro atoms. The molecule has 13 heavy (non-hydrogen) atoms. The van der Waals surface area contributed by atoms with Crippen LogP contribution >= 0.6 is 0 Å². The smallest absolute Gasteiger partial charge is 0.251 e. The number of carbonyl (C=O) groups excluding carboxylic acids is 1.